The van der Waals surface area contributed by atoms with E-state index in [1.54, 1.807) is 12.1 Å². The summed E-state index contributed by atoms with van der Waals surface area (Å²) in [6, 6.07) is 15.8. The van der Waals surface area contributed by atoms with E-state index < -0.39 is 28.0 Å². The summed E-state index contributed by atoms with van der Waals surface area (Å²) in [5, 5.41) is 11.6. The first-order chi connectivity index (χ1) is 20.2. The first-order valence-electron chi connectivity index (χ1n) is 14.9. The highest BCUT2D eigenvalue weighted by molar-refractivity contribution is 7.89. The van der Waals surface area contributed by atoms with E-state index in [0.29, 0.717) is 24.7 Å². The second kappa shape index (κ2) is 13.4. The first-order valence-corrected chi connectivity index (χ1v) is 16.4. The predicted octanol–water partition coefficient (Wildman–Crippen LogP) is 3.69. The van der Waals surface area contributed by atoms with E-state index in [-0.39, 0.29) is 54.6 Å². The van der Waals surface area contributed by atoms with E-state index in [4.69, 9.17) is 18.9 Å². The second-order valence-corrected chi connectivity index (χ2v) is 14.1. The Morgan fingerprint density at radius 2 is 1.79 bits per heavy atom. The van der Waals surface area contributed by atoms with Crippen molar-refractivity contribution in [1.29, 1.82) is 0 Å². The maximum Gasteiger partial charge on any atom is 0.306 e. The van der Waals surface area contributed by atoms with Crippen LogP contribution in [-0.4, -0.2) is 81.6 Å². The number of rotatable bonds is 13. The molecule has 2 saturated heterocycles. The lowest BCUT2D eigenvalue weighted by atomic mass is 9.88. The van der Waals surface area contributed by atoms with Crippen LogP contribution in [0.1, 0.15) is 38.7 Å². The monoisotopic (exact) mass is 601 g/mol. The summed E-state index contributed by atoms with van der Waals surface area (Å²) in [5.41, 5.74) is 0.953. The van der Waals surface area contributed by atoms with Crippen molar-refractivity contribution >= 4 is 16.0 Å². The maximum atomic E-state index is 13.7. The molecule has 0 amide bonds. The van der Waals surface area contributed by atoms with Crippen LogP contribution in [0.5, 0.6) is 5.75 Å². The van der Waals surface area contributed by atoms with Crippen molar-refractivity contribution in [2.24, 2.45) is 23.7 Å². The molecule has 2 aromatic rings. The third kappa shape index (κ3) is 7.00. The van der Waals surface area contributed by atoms with E-state index in [1.807, 2.05) is 44.2 Å². The van der Waals surface area contributed by atoms with Crippen LogP contribution in [0.3, 0.4) is 0 Å². The Bertz CT molecular complexity index is 1290. The summed E-state index contributed by atoms with van der Waals surface area (Å²) in [7, 11) is -2.39. The van der Waals surface area contributed by atoms with E-state index in [1.165, 1.54) is 23.5 Å². The van der Waals surface area contributed by atoms with Crippen molar-refractivity contribution in [2.75, 3.05) is 33.4 Å². The minimum atomic E-state index is -3.91. The molecule has 1 aliphatic carbocycles. The maximum absolute atomic E-state index is 13.7. The van der Waals surface area contributed by atoms with Crippen LogP contribution in [0.25, 0.3) is 0 Å². The molecule has 42 heavy (non-hydrogen) atoms. The van der Waals surface area contributed by atoms with Crippen LogP contribution in [0.4, 0.5) is 0 Å². The quantitative estimate of drug-likeness (QED) is 0.346. The molecule has 230 valence electrons. The standard InChI is InChI=1S/C32H43NO8S/c1-21(2)18-33(42(36,37)25-11-9-24(38-3)10-12-25)19-27(34)23(15-22-7-5-4-6-8-22)16-31(35)41-30-20-40-29-17-28-26(32(29)30)13-14-39-28/h4-12,21,23,26-30,32,34H,13-20H2,1-3H3/t23-,26+,27-,28+,29+,30+,32-/m1/s1. The van der Waals surface area contributed by atoms with Crippen LogP contribution in [0, 0.1) is 23.7 Å². The van der Waals surface area contributed by atoms with Crippen molar-refractivity contribution in [3.8, 4) is 5.75 Å². The molecule has 2 heterocycles. The Kier molecular flexibility index (Phi) is 9.89. The molecule has 2 aliphatic heterocycles. The summed E-state index contributed by atoms with van der Waals surface area (Å²) in [4.78, 5) is 13.5. The summed E-state index contributed by atoms with van der Waals surface area (Å²) in [6.07, 6.45) is 0.955. The van der Waals surface area contributed by atoms with Crippen molar-refractivity contribution < 1.29 is 37.3 Å². The van der Waals surface area contributed by atoms with Gasteiger partial charge < -0.3 is 24.1 Å². The van der Waals surface area contributed by atoms with Crippen molar-refractivity contribution in [3.05, 3.63) is 60.2 Å². The first kappa shape index (κ1) is 30.9. The van der Waals surface area contributed by atoms with Crippen LogP contribution >= 0.6 is 0 Å². The highest BCUT2D eigenvalue weighted by Crippen LogP contribution is 2.47. The highest BCUT2D eigenvalue weighted by Gasteiger charge is 2.55. The average molecular weight is 602 g/mol. The van der Waals surface area contributed by atoms with E-state index in [9.17, 15) is 18.3 Å². The lowest BCUT2D eigenvalue weighted by Gasteiger charge is -2.30. The molecular weight excluding hydrogens is 558 g/mol. The number of fused-ring (bicyclic) bond motifs is 3. The normalized spacial score (nSPS) is 26.7. The molecule has 5 rings (SSSR count). The van der Waals surface area contributed by atoms with Crippen molar-refractivity contribution in [2.45, 2.75) is 68.8 Å². The van der Waals surface area contributed by atoms with Gasteiger partial charge in [-0.3, -0.25) is 4.79 Å². The number of nitrogens with zero attached hydrogens (tertiary/aromatic N) is 1. The van der Waals surface area contributed by atoms with E-state index in [0.717, 1.165) is 25.0 Å². The lowest BCUT2D eigenvalue weighted by Crippen LogP contribution is -2.43. The fourth-order valence-electron chi connectivity index (χ4n) is 6.77. The Labute approximate surface area is 249 Å². The average Bonchev–Trinajstić information content (AvgIpc) is 3.66. The van der Waals surface area contributed by atoms with Gasteiger partial charge in [-0.05, 0) is 54.5 Å². The zero-order chi connectivity index (χ0) is 29.9. The predicted molar refractivity (Wildman–Crippen MR) is 156 cm³/mol. The number of sulfonamides is 1. The van der Waals surface area contributed by atoms with E-state index in [2.05, 4.69) is 0 Å². The molecule has 10 heteroatoms. The Hall–Kier alpha value is -2.50. The minimum absolute atomic E-state index is 0.0212. The molecule has 0 aromatic heterocycles. The largest absolute Gasteiger partial charge is 0.497 e. The molecule has 0 radical (unpaired) electrons. The SMILES string of the molecule is COc1ccc(S(=O)(=O)N(CC(C)C)C[C@@H](O)[C@@H](CC(=O)O[C@H]2CO[C@H]3C[C@@H]4OCC[C@@H]4[C@H]32)Cc2ccccc2)cc1. The van der Waals surface area contributed by atoms with Gasteiger partial charge in [0.2, 0.25) is 10.0 Å². The Morgan fingerprint density at radius 3 is 2.48 bits per heavy atom. The van der Waals surface area contributed by atoms with Gasteiger partial charge in [-0.15, -0.1) is 0 Å². The number of carbonyl (C=O) groups excluding carboxylic acids is 1. The van der Waals surface area contributed by atoms with E-state index >= 15 is 0 Å². The molecule has 0 spiro atoms. The second-order valence-electron chi connectivity index (χ2n) is 12.2. The molecule has 7 atom stereocenters. The molecule has 3 aliphatic rings. The molecule has 0 bridgehead atoms. The van der Waals surface area contributed by atoms with Crippen molar-refractivity contribution in [1.82, 2.24) is 4.31 Å². The summed E-state index contributed by atoms with van der Waals surface area (Å²) >= 11 is 0. The van der Waals surface area contributed by atoms with Gasteiger partial charge in [0.05, 0.1) is 43.3 Å². The number of aliphatic hydroxyl groups is 1. The van der Waals surface area contributed by atoms with Gasteiger partial charge in [-0.2, -0.15) is 4.31 Å². The topological polar surface area (TPSA) is 112 Å². The summed E-state index contributed by atoms with van der Waals surface area (Å²) in [6.45, 7) is 5.05. The number of hydrogen-bond acceptors (Lipinski definition) is 8. The van der Waals surface area contributed by atoms with Gasteiger partial charge >= 0.3 is 5.97 Å². The smallest absolute Gasteiger partial charge is 0.306 e. The number of ether oxygens (including phenoxy) is 4. The molecule has 1 N–H and O–H groups in total. The zero-order valence-electron chi connectivity index (χ0n) is 24.6. The molecule has 3 fully saturated rings. The molecule has 1 saturated carbocycles. The Balaban J connectivity index is 1.31. The lowest BCUT2D eigenvalue weighted by molar-refractivity contribution is -0.153. The zero-order valence-corrected chi connectivity index (χ0v) is 25.4. The van der Waals surface area contributed by atoms with Crippen LogP contribution in [0.15, 0.2) is 59.5 Å². The van der Waals surface area contributed by atoms with Gasteiger partial charge in [0.15, 0.2) is 0 Å². The number of methoxy groups -OCH3 is 1. The number of benzene rings is 2. The van der Waals surface area contributed by atoms with Gasteiger partial charge in [0.25, 0.3) is 0 Å². The molecule has 2 aromatic carbocycles. The fraction of sp³-hybridized carbons (Fsp3) is 0.594. The Morgan fingerprint density at radius 1 is 1.05 bits per heavy atom. The number of hydrogen-bond donors (Lipinski definition) is 1. The van der Waals surface area contributed by atoms with Crippen LogP contribution in [0.2, 0.25) is 0 Å². The fourth-order valence-corrected chi connectivity index (χ4v) is 8.39. The highest BCUT2D eigenvalue weighted by atomic mass is 32.2. The summed E-state index contributed by atoms with van der Waals surface area (Å²) in [5.74, 6) is 0.0973. The van der Waals surface area contributed by atoms with Crippen LogP contribution < -0.4 is 4.74 Å². The van der Waals surface area contributed by atoms with Crippen molar-refractivity contribution in [3.63, 3.8) is 0 Å². The third-order valence-electron chi connectivity index (χ3n) is 8.81. The van der Waals surface area contributed by atoms with Gasteiger partial charge in [0, 0.05) is 38.0 Å². The molecule has 0 unspecified atom stereocenters. The minimum Gasteiger partial charge on any atom is -0.497 e. The molecular formula is C32H43NO8S. The van der Waals surface area contributed by atoms with Gasteiger partial charge in [-0.25, -0.2) is 8.42 Å². The number of aliphatic hydroxyl groups excluding tert-OH is 1. The third-order valence-corrected chi connectivity index (χ3v) is 10.7. The number of carbonyl (C=O) groups is 1. The summed E-state index contributed by atoms with van der Waals surface area (Å²) < 4.78 is 51.7. The van der Waals surface area contributed by atoms with Gasteiger partial charge in [-0.1, -0.05) is 44.2 Å². The van der Waals surface area contributed by atoms with Gasteiger partial charge in [0.1, 0.15) is 11.9 Å². The number of esters is 1. The van der Waals surface area contributed by atoms with Crippen LogP contribution in [-0.2, 0) is 35.4 Å². The molecule has 9 nitrogen and oxygen atoms in total.